The molecule has 0 amide bonds. The zero-order valence-electron chi connectivity index (χ0n) is 17.8. The Morgan fingerprint density at radius 2 is 1.75 bits per heavy atom. The van der Waals surface area contributed by atoms with Crippen molar-refractivity contribution in [3.8, 4) is 39.7 Å². The van der Waals surface area contributed by atoms with Crippen LogP contribution in [-0.4, -0.2) is 25.2 Å². The number of fused-ring (bicyclic) bond motifs is 3. The lowest BCUT2D eigenvalue weighted by molar-refractivity contribution is -0.0738. The summed E-state index contributed by atoms with van der Waals surface area (Å²) >= 11 is 0. The van der Waals surface area contributed by atoms with E-state index in [1.54, 1.807) is 12.4 Å². The van der Waals surface area contributed by atoms with Gasteiger partial charge in [0.05, 0.1) is 28.7 Å². The Morgan fingerprint density at radius 3 is 2.47 bits per heavy atom. The fraction of sp³-hybridized carbons (Fsp3) is 0.231. The average Bonchev–Trinajstić information content (AvgIpc) is 3.18. The summed E-state index contributed by atoms with van der Waals surface area (Å²) in [5.74, 6) is 1.62. The molecule has 0 atom stereocenters. The molecule has 0 spiro atoms. The molecule has 2 aromatic carbocycles. The van der Waals surface area contributed by atoms with E-state index in [0.29, 0.717) is 19.6 Å². The minimum absolute atomic E-state index is 0.379. The number of aromatic nitrogens is 3. The van der Waals surface area contributed by atoms with Gasteiger partial charge in [0.15, 0.2) is 12.5 Å². The van der Waals surface area contributed by atoms with E-state index in [2.05, 4.69) is 45.9 Å². The van der Waals surface area contributed by atoms with Crippen LogP contribution in [0.15, 0.2) is 73.1 Å². The van der Waals surface area contributed by atoms with E-state index in [1.165, 1.54) is 0 Å². The predicted molar refractivity (Wildman–Crippen MR) is 123 cm³/mol. The van der Waals surface area contributed by atoms with Crippen molar-refractivity contribution in [2.24, 2.45) is 5.73 Å². The fourth-order valence-electron chi connectivity index (χ4n) is 5.16. The van der Waals surface area contributed by atoms with Crippen LogP contribution in [0.5, 0.6) is 5.75 Å². The smallest absolute Gasteiger partial charge is 0.167 e. The number of pyridine rings is 1. The van der Waals surface area contributed by atoms with Crippen molar-refractivity contribution >= 4 is 0 Å². The molecule has 1 fully saturated rings. The van der Waals surface area contributed by atoms with E-state index >= 15 is 0 Å². The molecule has 32 heavy (non-hydrogen) atoms. The Labute approximate surface area is 186 Å². The first kappa shape index (κ1) is 19.2. The van der Waals surface area contributed by atoms with Crippen molar-refractivity contribution in [1.82, 2.24) is 14.5 Å². The number of nitrogens with zero attached hydrogens (tertiary/aromatic N) is 3. The molecule has 2 aliphatic rings. The molecule has 0 saturated heterocycles. The summed E-state index contributed by atoms with van der Waals surface area (Å²) in [6, 6.07) is 20.5. The molecule has 6 nitrogen and oxygen atoms in total. The van der Waals surface area contributed by atoms with Gasteiger partial charge >= 0.3 is 0 Å². The van der Waals surface area contributed by atoms with E-state index in [9.17, 15) is 5.11 Å². The highest BCUT2D eigenvalue weighted by atomic mass is 16.5. The van der Waals surface area contributed by atoms with Crippen molar-refractivity contribution in [2.45, 2.75) is 37.6 Å². The Bertz CT molecular complexity index is 1300. The topological polar surface area (TPSA) is 86.2 Å². The minimum Gasteiger partial charge on any atom is -0.470 e. The molecule has 0 radical (unpaired) electrons. The number of aliphatic hydroxyl groups is 1. The van der Waals surface area contributed by atoms with Gasteiger partial charge in [-0.2, -0.15) is 0 Å². The van der Waals surface area contributed by atoms with Crippen LogP contribution in [0.3, 0.4) is 0 Å². The Kier molecular flexibility index (Phi) is 4.06. The van der Waals surface area contributed by atoms with E-state index < -0.39 is 11.1 Å². The van der Waals surface area contributed by atoms with Crippen LogP contribution >= 0.6 is 0 Å². The third kappa shape index (κ3) is 2.95. The first-order chi connectivity index (χ1) is 15.4. The first-order valence-electron chi connectivity index (χ1n) is 10.8. The second kappa shape index (κ2) is 6.76. The number of hydrogen-bond acceptors (Lipinski definition) is 5. The zero-order chi connectivity index (χ0) is 21.9. The number of ether oxygens (including phenoxy) is 1. The van der Waals surface area contributed by atoms with Gasteiger partial charge in [0.2, 0.25) is 0 Å². The van der Waals surface area contributed by atoms with Crippen molar-refractivity contribution < 1.29 is 9.84 Å². The molecule has 1 saturated carbocycles. The first-order valence-corrected chi connectivity index (χ1v) is 10.8. The highest BCUT2D eigenvalue weighted by molar-refractivity contribution is 5.83. The molecule has 0 bridgehead atoms. The van der Waals surface area contributed by atoms with Crippen LogP contribution in [-0.2, 0) is 12.3 Å². The second-order valence-corrected chi connectivity index (χ2v) is 9.16. The Morgan fingerprint density at radius 1 is 1.00 bits per heavy atom. The standard InChI is InChI=1S/C26H24N4O2/c1-25(31)14-26(27,15-25)19-9-7-17(8-10-19)22-23(18-5-3-2-4-6-18)30-16-32-21-13-28-12-11-20(21)24(30)29-22/h2-13,31H,14-16,27H2,1H3/t25-,26+. The van der Waals surface area contributed by atoms with Crippen molar-refractivity contribution in [2.75, 3.05) is 0 Å². The third-order valence-corrected chi connectivity index (χ3v) is 6.52. The lowest BCUT2D eigenvalue weighted by Crippen LogP contribution is -2.58. The Balaban J connectivity index is 1.48. The van der Waals surface area contributed by atoms with Crippen LogP contribution in [0, 0.1) is 0 Å². The van der Waals surface area contributed by atoms with E-state index in [4.69, 9.17) is 15.5 Å². The van der Waals surface area contributed by atoms with Gasteiger partial charge in [0.1, 0.15) is 5.82 Å². The molecule has 4 aromatic rings. The molecule has 3 N–H and O–H groups in total. The summed E-state index contributed by atoms with van der Waals surface area (Å²) in [7, 11) is 0. The quantitative estimate of drug-likeness (QED) is 0.511. The van der Waals surface area contributed by atoms with Crippen LogP contribution in [0.4, 0.5) is 0 Å². The average molecular weight is 425 g/mol. The molecular formula is C26H24N4O2. The molecule has 6 rings (SSSR count). The molecule has 6 heteroatoms. The lowest BCUT2D eigenvalue weighted by Gasteiger charge is -2.49. The fourth-order valence-corrected chi connectivity index (χ4v) is 5.16. The Hall–Kier alpha value is -3.48. The summed E-state index contributed by atoms with van der Waals surface area (Å²) in [4.78, 5) is 9.25. The van der Waals surface area contributed by atoms with Gasteiger partial charge in [-0.1, -0.05) is 54.6 Å². The molecule has 2 aromatic heterocycles. The maximum atomic E-state index is 10.2. The number of imidazole rings is 1. The van der Waals surface area contributed by atoms with Gasteiger partial charge in [-0.25, -0.2) is 4.98 Å². The van der Waals surface area contributed by atoms with E-state index in [-0.39, 0.29) is 0 Å². The van der Waals surface area contributed by atoms with Crippen LogP contribution in [0.1, 0.15) is 25.3 Å². The van der Waals surface area contributed by atoms with Crippen LogP contribution in [0.25, 0.3) is 33.9 Å². The number of hydrogen-bond donors (Lipinski definition) is 2. The summed E-state index contributed by atoms with van der Waals surface area (Å²) in [5, 5.41) is 10.2. The molecular weight excluding hydrogens is 400 g/mol. The van der Waals surface area contributed by atoms with Crippen LogP contribution < -0.4 is 10.5 Å². The van der Waals surface area contributed by atoms with Gasteiger partial charge in [-0.15, -0.1) is 0 Å². The third-order valence-electron chi connectivity index (χ3n) is 6.52. The summed E-state index contributed by atoms with van der Waals surface area (Å²) in [6.07, 6.45) is 4.63. The molecule has 1 aliphatic heterocycles. The summed E-state index contributed by atoms with van der Waals surface area (Å²) in [5.41, 5.74) is 11.4. The summed E-state index contributed by atoms with van der Waals surface area (Å²) in [6.45, 7) is 2.22. The maximum absolute atomic E-state index is 10.2. The predicted octanol–water partition coefficient (Wildman–Crippen LogP) is 4.33. The molecule has 1 aliphatic carbocycles. The zero-order valence-corrected chi connectivity index (χ0v) is 17.8. The normalized spacial score (nSPS) is 23.6. The number of nitrogens with two attached hydrogens (primary N) is 1. The second-order valence-electron chi connectivity index (χ2n) is 9.16. The highest BCUT2D eigenvalue weighted by Gasteiger charge is 2.49. The SMILES string of the molecule is C[C@]1(O)C[C@](N)(c2ccc(-c3nc4n(c3-c3ccccc3)COc3cnccc3-4)cc2)C1. The van der Waals surface area contributed by atoms with Gasteiger partial charge in [-0.05, 0) is 31.4 Å². The van der Waals surface area contributed by atoms with Gasteiger partial charge in [0.25, 0.3) is 0 Å². The molecule has 0 unspecified atom stereocenters. The van der Waals surface area contributed by atoms with Gasteiger partial charge < -0.3 is 15.6 Å². The van der Waals surface area contributed by atoms with Gasteiger partial charge in [0, 0.05) is 22.9 Å². The monoisotopic (exact) mass is 424 g/mol. The van der Waals surface area contributed by atoms with Crippen LogP contribution in [0.2, 0.25) is 0 Å². The van der Waals surface area contributed by atoms with E-state index in [0.717, 1.165) is 45.2 Å². The lowest BCUT2D eigenvalue weighted by atomic mass is 9.63. The number of benzene rings is 2. The van der Waals surface area contributed by atoms with Gasteiger partial charge in [-0.3, -0.25) is 9.55 Å². The van der Waals surface area contributed by atoms with Crippen molar-refractivity contribution in [1.29, 1.82) is 0 Å². The highest BCUT2D eigenvalue weighted by Crippen LogP contribution is 2.47. The number of rotatable bonds is 3. The minimum atomic E-state index is -0.681. The maximum Gasteiger partial charge on any atom is 0.167 e. The van der Waals surface area contributed by atoms with E-state index in [1.807, 2.05) is 31.2 Å². The molecule has 3 heterocycles. The summed E-state index contributed by atoms with van der Waals surface area (Å²) < 4.78 is 8.11. The molecule has 160 valence electrons. The van der Waals surface area contributed by atoms with Crippen molar-refractivity contribution in [3.05, 3.63) is 78.6 Å². The largest absolute Gasteiger partial charge is 0.470 e. The van der Waals surface area contributed by atoms with Crippen molar-refractivity contribution in [3.63, 3.8) is 0 Å².